The Morgan fingerprint density at radius 3 is 1.47 bits per heavy atom. The van der Waals surface area contributed by atoms with Crippen molar-refractivity contribution in [2.45, 2.75) is 324 Å². The van der Waals surface area contributed by atoms with Gasteiger partial charge in [-0.05, 0) is 70.3 Å². The van der Waals surface area contributed by atoms with Crippen molar-refractivity contribution in [3.8, 4) is 11.5 Å². The number of cyclic esters (lactones) is 1. The molecule has 15 nitrogen and oxygen atoms in total. The smallest absolute Gasteiger partial charge is 0.342 e. The molecule has 0 bridgehead atoms. The van der Waals surface area contributed by atoms with Crippen LogP contribution in [0.5, 0.6) is 11.5 Å². The van der Waals surface area contributed by atoms with Crippen LogP contribution in [0.1, 0.15) is 325 Å². The molecular weight excluding hydrogens is 1100 g/mol. The van der Waals surface area contributed by atoms with Gasteiger partial charge in [-0.1, -0.05) is 232 Å². The Morgan fingerprint density at radius 1 is 0.517 bits per heavy atom. The first-order valence-corrected chi connectivity index (χ1v) is 34.6. The largest absolute Gasteiger partial charge is 0.496 e. The van der Waals surface area contributed by atoms with Crippen LogP contribution in [0.25, 0.3) is 0 Å². The summed E-state index contributed by atoms with van der Waals surface area (Å²) in [5.74, 6) is -2.30. The van der Waals surface area contributed by atoms with Crippen molar-refractivity contribution < 1.29 is 71.5 Å². The fraction of sp³-hybridized carbons (Fsp3) is 0.792. The van der Waals surface area contributed by atoms with Gasteiger partial charge in [0, 0.05) is 43.2 Å². The molecule has 1 aromatic rings. The van der Waals surface area contributed by atoms with Gasteiger partial charge in [0.1, 0.15) is 31.1 Å². The number of unbranched alkanes of at least 4 members (excludes halogenated alkanes) is 29. The predicted molar refractivity (Wildman–Crippen MR) is 344 cm³/mol. The number of allylic oxidation sites excluding steroid dienone is 2. The quantitative estimate of drug-likeness (QED) is 0.0196. The highest BCUT2D eigenvalue weighted by Gasteiger charge is 2.34. The Balaban J connectivity index is 1.71. The fourth-order valence-electron chi connectivity index (χ4n) is 11.2. The van der Waals surface area contributed by atoms with Gasteiger partial charge < -0.3 is 37.9 Å². The minimum atomic E-state index is -0.861. The number of ether oxygens (including phenoxy) is 8. The highest BCUT2D eigenvalue weighted by molar-refractivity contribution is 5.99. The normalized spacial score (nSPS) is 12.8. The fourth-order valence-corrected chi connectivity index (χ4v) is 11.2. The van der Waals surface area contributed by atoms with Crippen LogP contribution in [0, 0.1) is 18.8 Å². The first-order chi connectivity index (χ1) is 42.1. The van der Waals surface area contributed by atoms with E-state index in [9.17, 15) is 33.6 Å². The lowest BCUT2D eigenvalue weighted by atomic mass is 9.94. The van der Waals surface area contributed by atoms with E-state index in [1.165, 1.54) is 143 Å². The van der Waals surface area contributed by atoms with Gasteiger partial charge in [-0.2, -0.15) is 0 Å². The van der Waals surface area contributed by atoms with Crippen molar-refractivity contribution in [3.63, 3.8) is 0 Å². The summed E-state index contributed by atoms with van der Waals surface area (Å²) in [7, 11) is 2.87. The first kappa shape index (κ1) is 78.1. The van der Waals surface area contributed by atoms with Gasteiger partial charge in [0.05, 0.1) is 26.7 Å². The van der Waals surface area contributed by atoms with Gasteiger partial charge >= 0.3 is 41.8 Å². The maximum Gasteiger partial charge on any atom is 0.342 e. The SMILES string of the molecule is CCCCCCCCCCCCCCCC(=O)OCC(COC(=O)CCCCCCCCCCCCCCC)OC(=O)CC(C)CCCCCCCC(C)C(=O)OCCCCC(=O)Oc1c(CC=C(C)CCC(=O)OC)c(OC)c(C)c2c1C(=O)OC2. The minimum Gasteiger partial charge on any atom is -0.496 e. The number of carbonyl (C=O) groups excluding carboxylic acids is 7. The van der Waals surface area contributed by atoms with E-state index < -0.39 is 24.0 Å². The number of carbonyl (C=O) groups is 7. The molecule has 0 radical (unpaired) electrons. The van der Waals surface area contributed by atoms with E-state index >= 15 is 0 Å². The van der Waals surface area contributed by atoms with E-state index in [1.807, 2.05) is 33.8 Å². The number of fused-ring (bicyclic) bond motifs is 1. The molecule has 1 aromatic carbocycles. The second-order valence-electron chi connectivity index (χ2n) is 24.8. The first-order valence-electron chi connectivity index (χ1n) is 34.6. The van der Waals surface area contributed by atoms with Crippen molar-refractivity contribution in [1.82, 2.24) is 0 Å². The Morgan fingerprint density at radius 2 is 0.977 bits per heavy atom. The summed E-state index contributed by atoms with van der Waals surface area (Å²) in [5.41, 5.74) is 3.02. The lowest BCUT2D eigenvalue weighted by molar-refractivity contribution is -0.167. The maximum atomic E-state index is 13.2. The topological polar surface area (TPSA) is 193 Å². The molecule has 0 aromatic heterocycles. The van der Waals surface area contributed by atoms with E-state index in [0.717, 1.165) is 88.2 Å². The summed E-state index contributed by atoms with van der Waals surface area (Å²) in [5, 5.41) is 0. The number of hydrogen-bond donors (Lipinski definition) is 0. The number of esters is 7. The molecule has 0 aliphatic carbocycles. The average molecular weight is 1230 g/mol. The number of benzene rings is 1. The van der Waals surface area contributed by atoms with Crippen LogP contribution in [0.3, 0.4) is 0 Å². The van der Waals surface area contributed by atoms with Crippen molar-refractivity contribution >= 4 is 41.8 Å². The monoisotopic (exact) mass is 1220 g/mol. The maximum absolute atomic E-state index is 13.2. The zero-order valence-electron chi connectivity index (χ0n) is 56.0. The number of rotatable bonds is 56. The summed E-state index contributed by atoms with van der Waals surface area (Å²) >= 11 is 0. The third-order valence-electron chi connectivity index (χ3n) is 16.8. The molecule has 15 heteroatoms. The molecule has 1 heterocycles. The van der Waals surface area contributed by atoms with E-state index in [1.54, 1.807) is 0 Å². The molecule has 498 valence electrons. The average Bonchev–Trinajstić information content (AvgIpc) is 1.82. The minimum absolute atomic E-state index is 0.0420. The molecule has 0 fully saturated rings. The van der Waals surface area contributed by atoms with Crippen LogP contribution in [-0.4, -0.2) is 81.9 Å². The van der Waals surface area contributed by atoms with Crippen LogP contribution < -0.4 is 9.47 Å². The lowest BCUT2D eigenvalue weighted by Gasteiger charge is -2.19. The Hall–Kier alpha value is -4.95. The van der Waals surface area contributed by atoms with Crippen LogP contribution in [0.15, 0.2) is 11.6 Å². The Bertz CT molecular complexity index is 2070. The summed E-state index contributed by atoms with van der Waals surface area (Å²) < 4.78 is 44.3. The van der Waals surface area contributed by atoms with Crippen molar-refractivity contribution in [3.05, 3.63) is 33.9 Å². The second kappa shape index (κ2) is 50.9. The van der Waals surface area contributed by atoms with Crippen LogP contribution in [0.4, 0.5) is 0 Å². The molecule has 87 heavy (non-hydrogen) atoms. The molecule has 2 atom stereocenters. The molecule has 1 aliphatic heterocycles. The van der Waals surface area contributed by atoms with Crippen LogP contribution in [0.2, 0.25) is 0 Å². The molecule has 0 spiro atoms. The molecule has 2 rings (SSSR count). The van der Waals surface area contributed by atoms with Crippen molar-refractivity contribution in [1.29, 1.82) is 0 Å². The van der Waals surface area contributed by atoms with Gasteiger partial charge in [-0.3, -0.25) is 28.8 Å². The van der Waals surface area contributed by atoms with E-state index in [2.05, 4.69) is 13.8 Å². The lowest BCUT2D eigenvalue weighted by Crippen LogP contribution is -2.31. The van der Waals surface area contributed by atoms with Gasteiger partial charge in [0.25, 0.3) is 0 Å². The highest BCUT2D eigenvalue weighted by Crippen LogP contribution is 2.43. The van der Waals surface area contributed by atoms with Gasteiger partial charge in [0.15, 0.2) is 11.9 Å². The van der Waals surface area contributed by atoms with Crippen molar-refractivity contribution in [2.75, 3.05) is 34.0 Å². The molecule has 1 aliphatic rings. The highest BCUT2D eigenvalue weighted by atomic mass is 16.6. The van der Waals surface area contributed by atoms with Crippen LogP contribution in [-0.2, 0) is 70.2 Å². The van der Waals surface area contributed by atoms with Crippen molar-refractivity contribution in [2.24, 2.45) is 11.8 Å². The van der Waals surface area contributed by atoms with Gasteiger partial charge in [0.2, 0.25) is 0 Å². The Kier molecular flexibility index (Phi) is 45.7. The molecular formula is C72H120O15. The zero-order chi connectivity index (χ0) is 63.7. The van der Waals surface area contributed by atoms with Crippen LogP contribution >= 0.6 is 0 Å². The molecule has 0 N–H and O–H groups in total. The predicted octanol–water partition coefficient (Wildman–Crippen LogP) is 18.1. The molecule has 0 saturated carbocycles. The number of hydrogen-bond acceptors (Lipinski definition) is 15. The summed E-state index contributed by atoms with van der Waals surface area (Å²) in [6.45, 7) is 12.1. The second-order valence-corrected chi connectivity index (χ2v) is 24.8. The Labute approximate surface area is 526 Å². The molecule has 0 saturated heterocycles. The van der Waals surface area contributed by atoms with Gasteiger partial charge in [-0.25, -0.2) is 4.79 Å². The molecule has 0 amide bonds. The van der Waals surface area contributed by atoms with E-state index in [0.29, 0.717) is 61.8 Å². The number of methoxy groups -OCH3 is 2. The molecule has 2 unspecified atom stereocenters. The standard InChI is InChI=1S/C72H120O15/c1-9-11-13-15-17-19-21-23-25-27-29-34-38-44-64(74)83-53-60(54-84-65(75)45-39-35-30-28-26-24-22-20-18-16-14-12-10-2)86-67(77)52-57(4)42-36-32-31-33-37-43-58(5)71(78)82-51-41-40-46-66(76)87-70-61(49-47-56(3)48-50-63(73)80-7)69(81-8)59(6)62-55-85-72(79)68(62)70/h47,57-58,60H,9-46,48-55H2,1-8H3. The third-order valence-corrected chi connectivity index (χ3v) is 16.8. The summed E-state index contributed by atoms with van der Waals surface area (Å²) in [4.78, 5) is 89.4. The zero-order valence-corrected chi connectivity index (χ0v) is 56.0. The third kappa shape index (κ3) is 37.6. The van der Waals surface area contributed by atoms with Gasteiger partial charge in [-0.15, -0.1) is 0 Å². The van der Waals surface area contributed by atoms with E-state index in [4.69, 9.17) is 37.9 Å². The van der Waals surface area contributed by atoms with E-state index in [-0.39, 0.29) is 92.7 Å². The summed E-state index contributed by atoms with van der Waals surface area (Å²) in [6.07, 6.45) is 41.9. The summed E-state index contributed by atoms with van der Waals surface area (Å²) in [6, 6.07) is 0.